The molecule has 8 heteroatoms. The second-order valence-electron chi connectivity index (χ2n) is 4.82. The van der Waals surface area contributed by atoms with E-state index in [1.54, 1.807) is 0 Å². The molecule has 2 rings (SSSR count). The van der Waals surface area contributed by atoms with Crippen molar-refractivity contribution in [2.75, 3.05) is 18.5 Å². The van der Waals surface area contributed by atoms with Gasteiger partial charge in [0.2, 0.25) is 17.7 Å². The van der Waals surface area contributed by atoms with E-state index >= 15 is 0 Å². The topological polar surface area (TPSA) is 151 Å². The Kier molecular flexibility index (Phi) is 4.20. The highest BCUT2D eigenvalue weighted by atomic mass is 16.5. The monoisotopic (exact) mass is 292 g/mol. The lowest BCUT2D eigenvalue weighted by Gasteiger charge is -2.14. The molecule has 1 aromatic carbocycles. The Morgan fingerprint density at radius 2 is 1.62 bits per heavy atom. The average molecular weight is 292 g/mol. The van der Waals surface area contributed by atoms with Crippen molar-refractivity contribution in [3.05, 3.63) is 29.3 Å². The van der Waals surface area contributed by atoms with Crippen LogP contribution in [0.5, 0.6) is 0 Å². The lowest BCUT2D eigenvalue weighted by Crippen LogP contribution is -2.37. The van der Waals surface area contributed by atoms with Crippen molar-refractivity contribution in [1.82, 2.24) is 0 Å². The molecular formula is C13H16N4O4. The summed E-state index contributed by atoms with van der Waals surface area (Å²) in [7, 11) is 0. The van der Waals surface area contributed by atoms with Crippen LogP contribution < -0.4 is 22.5 Å². The maximum atomic E-state index is 12.1. The Balaban J connectivity index is 2.24. The van der Waals surface area contributed by atoms with Gasteiger partial charge >= 0.3 is 0 Å². The Morgan fingerprint density at radius 1 is 1.05 bits per heavy atom. The first-order valence-corrected chi connectivity index (χ1v) is 6.27. The van der Waals surface area contributed by atoms with Gasteiger partial charge in [-0.1, -0.05) is 0 Å². The minimum atomic E-state index is -0.727. The fraction of sp³-hybridized carbons (Fsp3) is 0.308. The van der Waals surface area contributed by atoms with E-state index in [9.17, 15) is 14.4 Å². The molecule has 1 aliphatic rings. The van der Waals surface area contributed by atoms with Gasteiger partial charge in [0.05, 0.1) is 19.1 Å². The van der Waals surface area contributed by atoms with Gasteiger partial charge in [-0.15, -0.1) is 0 Å². The van der Waals surface area contributed by atoms with E-state index in [1.807, 2.05) is 0 Å². The van der Waals surface area contributed by atoms with Gasteiger partial charge < -0.3 is 27.3 Å². The fourth-order valence-electron chi connectivity index (χ4n) is 2.06. The van der Waals surface area contributed by atoms with Crippen LogP contribution in [0.3, 0.4) is 0 Å². The standard InChI is InChI=1S/C13H16N4O4/c14-10-5-21-4-9(10)13(20)17-8-2-6(11(15)18)1-7(3-8)12(16)19/h1-3,9-10H,4-5,14H2,(H2,15,18)(H2,16,19)(H,17,20). The first-order valence-electron chi connectivity index (χ1n) is 6.27. The molecule has 1 aromatic rings. The third-order valence-corrected chi connectivity index (χ3v) is 3.23. The summed E-state index contributed by atoms with van der Waals surface area (Å²) in [5, 5.41) is 2.59. The van der Waals surface area contributed by atoms with Gasteiger partial charge in [-0.25, -0.2) is 0 Å². The van der Waals surface area contributed by atoms with Crippen LogP contribution in [0.2, 0.25) is 0 Å². The average Bonchev–Trinajstić information content (AvgIpc) is 2.84. The molecule has 21 heavy (non-hydrogen) atoms. The number of carbonyl (C=O) groups is 3. The second-order valence-corrected chi connectivity index (χ2v) is 4.82. The minimum Gasteiger partial charge on any atom is -0.379 e. The summed E-state index contributed by atoms with van der Waals surface area (Å²) >= 11 is 0. The van der Waals surface area contributed by atoms with Crippen molar-refractivity contribution in [1.29, 1.82) is 0 Å². The van der Waals surface area contributed by atoms with Gasteiger partial charge in [-0.2, -0.15) is 0 Å². The van der Waals surface area contributed by atoms with E-state index in [0.29, 0.717) is 6.61 Å². The highest BCUT2D eigenvalue weighted by molar-refractivity contribution is 6.02. The summed E-state index contributed by atoms with van der Waals surface area (Å²) in [4.78, 5) is 34.6. The lowest BCUT2D eigenvalue weighted by molar-refractivity contribution is -0.120. The molecule has 1 aliphatic heterocycles. The van der Waals surface area contributed by atoms with E-state index in [1.165, 1.54) is 18.2 Å². The molecular weight excluding hydrogens is 276 g/mol. The van der Waals surface area contributed by atoms with Gasteiger partial charge in [-0.3, -0.25) is 14.4 Å². The Morgan fingerprint density at radius 3 is 2.05 bits per heavy atom. The summed E-state index contributed by atoms with van der Waals surface area (Å²) in [6.45, 7) is 0.539. The van der Waals surface area contributed by atoms with E-state index in [2.05, 4.69) is 5.32 Å². The van der Waals surface area contributed by atoms with E-state index in [0.717, 1.165) is 0 Å². The Bertz CT molecular complexity index is 570. The van der Waals surface area contributed by atoms with Crippen LogP contribution in [0.25, 0.3) is 0 Å². The van der Waals surface area contributed by atoms with Crippen LogP contribution in [0.4, 0.5) is 5.69 Å². The summed E-state index contributed by atoms with van der Waals surface area (Å²) in [5.74, 6) is -2.29. The van der Waals surface area contributed by atoms with Crippen LogP contribution in [-0.2, 0) is 9.53 Å². The predicted molar refractivity (Wildman–Crippen MR) is 74.4 cm³/mol. The first kappa shape index (κ1) is 14.9. The summed E-state index contributed by atoms with van der Waals surface area (Å²) in [6, 6.07) is 3.62. The zero-order valence-electron chi connectivity index (χ0n) is 11.2. The molecule has 3 amide bonds. The van der Waals surface area contributed by atoms with Gasteiger partial charge in [0.1, 0.15) is 0 Å². The SMILES string of the molecule is NC(=O)c1cc(NC(=O)C2COCC2N)cc(C(N)=O)c1. The molecule has 8 nitrogen and oxygen atoms in total. The minimum absolute atomic E-state index is 0.0774. The Labute approximate surface area is 120 Å². The van der Waals surface area contributed by atoms with E-state index in [4.69, 9.17) is 21.9 Å². The normalized spacial score (nSPS) is 21.0. The molecule has 1 saturated heterocycles. The number of primary amides is 2. The summed E-state index contributed by atoms with van der Waals surface area (Å²) < 4.78 is 5.12. The number of benzene rings is 1. The fourth-order valence-corrected chi connectivity index (χ4v) is 2.06. The molecule has 112 valence electrons. The van der Waals surface area contributed by atoms with E-state index < -0.39 is 17.7 Å². The zero-order valence-corrected chi connectivity index (χ0v) is 11.2. The maximum absolute atomic E-state index is 12.1. The summed E-state index contributed by atoms with van der Waals surface area (Å²) in [5.41, 5.74) is 16.5. The number of ether oxygens (including phenoxy) is 1. The number of nitrogens with two attached hydrogens (primary N) is 3. The highest BCUT2D eigenvalue weighted by Crippen LogP contribution is 2.18. The molecule has 0 bridgehead atoms. The van der Waals surface area contributed by atoms with Crippen molar-refractivity contribution in [3.63, 3.8) is 0 Å². The molecule has 7 N–H and O–H groups in total. The van der Waals surface area contributed by atoms with Crippen molar-refractivity contribution >= 4 is 23.4 Å². The molecule has 1 heterocycles. The van der Waals surface area contributed by atoms with Crippen molar-refractivity contribution < 1.29 is 19.1 Å². The molecule has 2 atom stereocenters. The predicted octanol–water partition coefficient (Wildman–Crippen LogP) is -1.20. The zero-order chi connectivity index (χ0) is 15.6. The first-order chi connectivity index (χ1) is 9.88. The van der Waals surface area contributed by atoms with Gasteiger partial charge in [0, 0.05) is 22.9 Å². The van der Waals surface area contributed by atoms with Crippen LogP contribution >= 0.6 is 0 Å². The third-order valence-electron chi connectivity index (χ3n) is 3.23. The van der Waals surface area contributed by atoms with E-state index in [-0.39, 0.29) is 35.4 Å². The highest BCUT2D eigenvalue weighted by Gasteiger charge is 2.31. The number of anilines is 1. The smallest absolute Gasteiger partial charge is 0.248 e. The molecule has 0 radical (unpaired) electrons. The van der Waals surface area contributed by atoms with Crippen LogP contribution in [0.15, 0.2) is 18.2 Å². The van der Waals surface area contributed by atoms with Crippen molar-refractivity contribution in [2.24, 2.45) is 23.1 Å². The second kappa shape index (κ2) is 5.90. The molecule has 0 aliphatic carbocycles. The molecule has 0 saturated carbocycles. The van der Waals surface area contributed by atoms with Crippen molar-refractivity contribution in [2.45, 2.75) is 6.04 Å². The quantitative estimate of drug-likeness (QED) is 0.549. The number of nitrogens with one attached hydrogen (secondary N) is 1. The molecule has 0 spiro atoms. The number of rotatable bonds is 4. The summed E-state index contributed by atoms with van der Waals surface area (Å²) in [6.07, 6.45) is 0. The number of hydrogen-bond donors (Lipinski definition) is 4. The van der Waals surface area contributed by atoms with Crippen LogP contribution in [-0.4, -0.2) is 37.0 Å². The van der Waals surface area contributed by atoms with Crippen LogP contribution in [0.1, 0.15) is 20.7 Å². The number of carbonyl (C=O) groups excluding carboxylic acids is 3. The maximum Gasteiger partial charge on any atom is 0.248 e. The number of amides is 3. The number of hydrogen-bond acceptors (Lipinski definition) is 5. The van der Waals surface area contributed by atoms with Gasteiger partial charge in [0.15, 0.2) is 0 Å². The van der Waals surface area contributed by atoms with Crippen molar-refractivity contribution in [3.8, 4) is 0 Å². The molecule has 2 unspecified atom stereocenters. The largest absolute Gasteiger partial charge is 0.379 e. The Hall–Kier alpha value is -2.45. The van der Waals surface area contributed by atoms with Gasteiger partial charge in [-0.05, 0) is 18.2 Å². The lowest BCUT2D eigenvalue weighted by atomic mass is 10.0. The molecule has 0 aromatic heterocycles. The van der Waals surface area contributed by atoms with Crippen LogP contribution in [0, 0.1) is 5.92 Å². The molecule has 1 fully saturated rings. The van der Waals surface area contributed by atoms with Gasteiger partial charge in [0.25, 0.3) is 0 Å². The third kappa shape index (κ3) is 3.36.